The first-order valence-corrected chi connectivity index (χ1v) is 12.6. The minimum Gasteiger partial charge on any atom is -0.376 e. The molecule has 9 heteroatoms. The minimum absolute atomic E-state index is 0.0406. The van der Waals surface area contributed by atoms with Crippen molar-refractivity contribution in [3.63, 3.8) is 0 Å². The van der Waals surface area contributed by atoms with Gasteiger partial charge >= 0.3 is 0 Å². The number of hydrogen-bond acceptors (Lipinski definition) is 5. The maximum Gasteiger partial charge on any atom is 0.295 e. The summed E-state index contributed by atoms with van der Waals surface area (Å²) in [6.45, 7) is 7.59. The zero-order valence-electron chi connectivity index (χ0n) is 20.0. The summed E-state index contributed by atoms with van der Waals surface area (Å²) >= 11 is 1.65. The number of nitrogens with zero attached hydrogens (tertiary/aromatic N) is 5. The van der Waals surface area contributed by atoms with E-state index in [1.807, 2.05) is 55.9 Å². The van der Waals surface area contributed by atoms with E-state index < -0.39 is 0 Å². The van der Waals surface area contributed by atoms with Gasteiger partial charge in [0.1, 0.15) is 5.69 Å². The van der Waals surface area contributed by atoms with Crippen molar-refractivity contribution in [3.8, 4) is 11.4 Å². The molecule has 34 heavy (non-hydrogen) atoms. The SMILES string of the molecule is Cc1cc(C2=NNC(=NC[C@@H]3CCCO3)SC2)c(C)n1-c1c(C)n(C)n(-c2ccccc2)c1=O. The molecule has 0 spiro atoms. The standard InChI is InChI=1S/C25H30N6O2S/c1-16-13-21(22-15-34-25(28-27-22)26-14-20-11-8-12-33-20)17(2)30(16)23-18(3)29(4)31(24(23)32)19-9-6-5-7-10-19/h5-7,9-10,13,20H,8,11-12,14-15H2,1-4H3,(H,26,28)/t20-/m0/s1. The monoisotopic (exact) mass is 478 g/mol. The van der Waals surface area contributed by atoms with Gasteiger partial charge in [0.2, 0.25) is 0 Å². The Hall–Kier alpha value is -3.04. The molecule has 1 N–H and O–H groups in total. The van der Waals surface area contributed by atoms with Gasteiger partial charge in [-0.2, -0.15) is 5.10 Å². The van der Waals surface area contributed by atoms with Crippen molar-refractivity contribution in [3.05, 3.63) is 69.4 Å². The van der Waals surface area contributed by atoms with Crippen molar-refractivity contribution in [1.29, 1.82) is 0 Å². The van der Waals surface area contributed by atoms with Gasteiger partial charge in [0.05, 0.1) is 29.7 Å². The second-order valence-corrected chi connectivity index (χ2v) is 9.73. The first-order chi connectivity index (χ1) is 16.5. The van der Waals surface area contributed by atoms with Crippen LogP contribution >= 0.6 is 11.8 Å². The Labute approximate surface area is 203 Å². The van der Waals surface area contributed by atoms with Crippen LogP contribution in [0.4, 0.5) is 0 Å². The minimum atomic E-state index is -0.0406. The van der Waals surface area contributed by atoms with Crippen LogP contribution in [0.5, 0.6) is 0 Å². The maximum absolute atomic E-state index is 13.6. The fraction of sp³-hybridized carbons (Fsp3) is 0.400. The molecule has 2 aliphatic heterocycles. The molecule has 0 unspecified atom stereocenters. The molecule has 3 aromatic rings. The molecule has 8 nitrogen and oxygen atoms in total. The van der Waals surface area contributed by atoms with E-state index in [1.54, 1.807) is 16.4 Å². The molecule has 1 atom stereocenters. The third-order valence-corrected chi connectivity index (χ3v) is 7.50. The van der Waals surface area contributed by atoms with Crippen molar-refractivity contribution in [2.75, 3.05) is 18.9 Å². The highest BCUT2D eigenvalue weighted by Crippen LogP contribution is 2.25. The predicted molar refractivity (Wildman–Crippen MR) is 138 cm³/mol. The van der Waals surface area contributed by atoms with Gasteiger partial charge in [0.15, 0.2) is 5.17 Å². The zero-order valence-corrected chi connectivity index (χ0v) is 20.9. The van der Waals surface area contributed by atoms with E-state index >= 15 is 0 Å². The topological polar surface area (TPSA) is 77.8 Å². The first kappa shape index (κ1) is 22.7. The van der Waals surface area contributed by atoms with Gasteiger partial charge in [-0.1, -0.05) is 30.0 Å². The number of ether oxygens (including phenoxy) is 1. The summed E-state index contributed by atoms with van der Waals surface area (Å²) in [5.74, 6) is 0.726. The summed E-state index contributed by atoms with van der Waals surface area (Å²) in [5.41, 5.74) is 9.50. The summed E-state index contributed by atoms with van der Waals surface area (Å²) < 4.78 is 11.3. The van der Waals surface area contributed by atoms with E-state index in [0.717, 1.165) is 64.4 Å². The third kappa shape index (κ3) is 4.03. The van der Waals surface area contributed by atoms with Crippen molar-refractivity contribution < 1.29 is 4.74 Å². The Balaban J connectivity index is 1.46. The maximum atomic E-state index is 13.6. The Kier molecular flexibility index (Phi) is 6.22. The highest BCUT2D eigenvalue weighted by Gasteiger charge is 2.24. The molecule has 4 heterocycles. The number of hydrazone groups is 1. The smallest absolute Gasteiger partial charge is 0.295 e. The van der Waals surface area contributed by atoms with E-state index in [2.05, 4.69) is 33.1 Å². The predicted octanol–water partition coefficient (Wildman–Crippen LogP) is 3.47. The van der Waals surface area contributed by atoms with Crippen molar-refractivity contribution in [1.82, 2.24) is 19.4 Å². The van der Waals surface area contributed by atoms with Gasteiger partial charge in [0.25, 0.3) is 5.56 Å². The lowest BCUT2D eigenvalue weighted by molar-refractivity contribution is 0.118. The summed E-state index contributed by atoms with van der Waals surface area (Å²) in [5, 5.41) is 5.45. The largest absolute Gasteiger partial charge is 0.376 e. The third-order valence-electron chi connectivity index (χ3n) is 6.58. The average molecular weight is 479 g/mol. The van der Waals surface area contributed by atoms with Crippen LogP contribution in [0.2, 0.25) is 0 Å². The van der Waals surface area contributed by atoms with Crippen molar-refractivity contribution in [2.24, 2.45) is 17.1 Å². The normalized spacial score (nSPS) is 19.5. The summed E-state index contributed by atoms with van der Waals surface area (Å²) in [6.07, 6.45) is 2.42. The van der Waals surface area contributed by atoms with Crippen LogP contribution in [0.1, 0.15) is 35.5 Å². The van der Waals surface area contributed by atoms with Crippen LogP contribution in [0, 0.1) is 20.8 Å². The quantitative estimate of drug-likeness (QED) is 0.609. The number of hydrogen-bond donors (Lipinski definition) is 1. The molecular weight excluding hydrogens is 448 g/mol. The fourth-order valence-corrected chi connectivity index (χ4v) is 5.49. The van der Waals surface area contributed by atoms with Gasteiger partial charge < -0.3 is 9.30 Å². The molecule has 2 aromatic heterocycles. The molecule has 0 bridgehead atoms. The molecular formula is C25H30N6O2S. The van der Waals surface area contributed by atoms with Crippen LogP contribution in [-0.4, -0.2) is 49.8 Å². The number of rotatable bonds is 5. The van der Waals surface area contributed by atoms with Crippen LogP contribution < -0.4 is 11.0 Å². The van der Waals surface area contributed by atoms with Crippen molar-refractivity contribution in [2.45, 2.75) is 39.7 Å². The highest BCUT2D eigenvalue weighted by molar-refractivity contribution is 8.14. The number of benzene rings is 1. The molecule has 178 valence electrons. The van der Waals surface area contributed by atoms with Crippen molar-refractivity contribution >= 4 is 22.6 Å². The number of nitrogens with one attached hydrogen (secondary N) is 1. The lowest BCUT2D eigenvalue weighted by Crippen LogP contribution is -2.27. The summed E-state index contributed by atoms with van der Waals surface area (Å²) in [6, 6.07) is 11.8. The van der Waals surface area contributed by atoms with E-state index in [9.17, 15) is 4.79 Å². The Morgan fingerprint density at radius 3 is 2.68 bits per heavy atom. The second-order valence-electron chi connectivity index (χ2n) is 8.77. The van der Waals surface area contributed by atoms with Crippen LogP contribution in [0.3, 0.4) is 0 Å². The van der Waals surface area contributed by atoms with Gasteiger partial charge in [-0.25, -0.2) is 4.68 Å². The number of thioether (sulfide) groups is 1. The number of para-hydroxylation sites is 1. The Morgan fingerprint density at radius 1 is 1.21 bits per heavy atom. The van der Waals surface area contributed by atoms with Gasteiger partial charge in [0, 0.05) is 36.4 Å². The molecule has 0 aliphatic carbocycles. The average Bonchev–Trinajstić information content (AvgIpc) is 3.52. The molecule has 1 aromatic carbocycles. The number of aryl methyl sites for hydroxylation is 1. The van der Waals surface area contributed by atoms with Gasteiger partial charge in [-0.3, -0.25) is 19.9 Å². The van der Waals surface area contributed by atoms with E-state index in [0.29, 0.717) is 12.2 Å². The van der Waals surface area contributed by atoms with Crippen LogP contribution in [-0.2, 0) is 11.8 Å². The number of aromatic nitrogens is 3. The van der Waals surface area contributed by atoms with Crippen LogP contribution in [0.15, 0.2) is 51.3 Å². The summed E-state index contributed by atoms with van der Waals surface area (Å²) in [7, 11) is 1.92. The molecule has 1 fully saturated rings. The lowest BCUT2D eigenvalue weighted by Gasteiger charge is -2.16. The van der Waals surface area contributed by atoms with E-state index in [4.69, 9.17) is 4.74 Å². The molecule has 0 saturated carbocycles. The first-order valence-electron chi connectivity index (χ1n) is 11.6. The van der Waals surface area contributed by atoms with Gasteiger partial charge in [-0.05, 0) is 51.8 Å². The Morgan fingerprint density at radius 2 is 2.00 bits per heavy atom. The highest BCUT2D eigenvalue weighted by atomic mass is 32.2. The van der Waals surface area contributed by atoms with Crippen LogP contribution in [0.25, 0.3) is 11.4 Å². The molecule has 0 amide bonds. The molecule has 1 saturated heterocycles. The van der Waals surface area contributed by atoms with E-state index in [1.165, 1.54) is 0 Å². The fourth-order valence-electron chi connectivity index (χ4n) is 4.72. The molecule has 0 radical (unpaired) electrons. The van der Waals surface area contributed by atoms with E-state index in [-0.39, 0.29) is 11.7 Å². The lowest BCUT2D eigenvalue weighted by atomic mass is 10.1. The molecule has 5 rings (SSSR count). The number of amidine groups is 1. The van der Waals surface area contributed by atoms with Gasteiger partial charge in [-0.15, -0.1) is 0 Å². The summed E-state index contributed by atoms with van der Waals surface area (Å²) in [4.78, 5) is 18.2. The second kappa shape index (κ2) is 9.31. The Bertz CT molecular complexity index is 1330. The zero-order chi connectivity index (χ0) is 23.8. The number of aliphatic imine (C=N–C) groups is 1. The molecule has 2 aliphatic rings.